The van der Waals surface area contributed by atoms with E-state index in [9.17, 15) is 9.18 Å². The standard InChI is InChI=1S/C15H9BrClFO3/c16-10-3-5-13(12(18)7-10)21-14-8-11(17)4-1-9(14)2-6-15(19)20/h1-8H,(H,19,20)/b6-2+. The molecule has 0 bridgehead atoms. The summed E-state index contributed by atoms with van der Waals surface area (Å²) < 4.78 is 19.9. The first-order valence-corrected chi connectivity index (χ1v) is 6.96. The van der Waals surface area contributed by atoms with Crippen molar-refractivity contribution in [3.05, 3.63) is 63.4 Å². The first-order chi connectivity index (χ1) is 9.95. The Bertz CT molecular complexity index is 716. The van der Waals surface area contributed by atoms with Gasteiger partial charge in [0.2, 0.25) is 0 Å². The molecule has 0 unspecified atom stereocenters. The van der Waals surface area contributed by atoms with Crippen molar-refractivity contribution < 1.29 is 19.0 Å². The second-order valence-electron chi connectivity index (χ2n) is 4.03. The molecule has 2 rings (SSSR count). The lowest BCUT2D eigenvalue weighted by molar-refractivity contribution is -0.131. The van der Waals surface area contributed by atoms with Crippen molar-refractivity contribution in [2.45, 2.75) is 0 Å². The number of carboxylic acids is 1. The van der Waals surface area contributed by atoms with Gasteiger partial charge in [-0.05, 0) is 36.4 Å². The Balaban J connectivity index is 2.38. The minimum atomic E-state index is -1.09. The van der Waals surface area contributed by atoms with Crippen LogP contribution in [-0.4, -0.2) is 11.1 Å². The van der Waals surface area contributed by atoms with Gasteiger partial charge in [0.05, 0.1) is 0 Å². The zero-order chi connectivity index (χ0) is 15.4. The predicted molar refractivity (Wildman–Crippen MR) is 82.3 cm³/mol. The highest BCUT2D eigenvalue weighted by atomic mass is 79.9. The molecule has 108 valence electrons. The first kappa shape index (κ1) is 15.5. The number of aliphatic carboxylic acids is 1. The molecule has 0 aliphatic carbocycles. The maximum atomic E-state index is 13.8. The molecule has 0 atom stereocenters. The van der Waals surface area contributed by atoms with E-state index in [2.05, 4.69) is 15.9 Å². The molecule has 2 aromatic carbocycles. The Morgan fingerprint density at radius 2 is 2.00 bits per heavy atom. The summed E-state index contributed by atoms with van der Waals surface area (Å²) in [6.07, 6.45) is 2.32. The van der Waals surface area contributed by atoms with Crippen molar-refractivity contribution in [1.29, 1.82) is 0 Å². The van der Waals surface area contributed by atoms with Gasteiger partial charge < -0.3 is 9.84 Å². The monoisotopic (exact) mass is 370 g/mol. The van der Waals surface area contributed by atoms with Crippen LogP contribution in [0.3, 0.4) is 0 Å². The smallest absolute Gasteiger partial charge is 0.328 e. The van der Waals surface area contributed by atoms with Crippen LogP contribution in [-0.2, 0) is 4.79 Å². The lowest BCUT2D eigenvalue weighted by atomic mass is 10.2. The maximum absolute atomic E-state index is 13.8. The Labute approximate surface area is 133 Å². The van der Waals surface area contributed by atoms with E-state index in [0.29, 0.717) is 15.1 Å². The van der Waals surface area contributed by atoms with Gasteiger partial charge in [0.25, 0.3) is 0 Å². The van der Waals surface area contributed by atoms with Crippen LogP contribution in [0.4, 0.5) is 4.39 Å². The van der Waals surface area contributed by atoms with Gasteiger partial charge in [0.1, 0.15) is 5.75 Å². The summed E-state index contributed by atoms with van der Waals surface area (Å²) in [6.45, 7) is 0. The zero-order valence-electron chi connectivity index (χ0n) is 10.5. The summed E-state index contributed by atoms with van der Waals surface area (Å²) in [5, 5.41) is 9.06. The van der Waals surface area contributed by atoms with Crippen LogP contribution in [0.2, 0.25) is 5.02 Å². The quantitative estimate of drug-likeness (QED) is 0.758. The third-order valence-electron chi connectivity index (χ3n) is 2.49. The van der Waals surface area contributed by atoms with Crippen LogP contribution >= 0.6 is 27.5 Å². The molecule has 0 saturated heterocycles. The maximum Gasteiger partial charge on any atom is 0.328 e. The Hall–Kier alpha value is -1.85. The fraction of sp³-hybridized carbons (Fsp3) is 0. The Morgan fingerprint density at radius 3 is 2.67 bits per heavy atom. The van der Waals surface area contributed by atoms with E-state index in [1.807, 2.05) is 0 Å². The van der Waals surface area contributed by atoms with Crippen LogP contribution in [0, 0.1) is 5.82 Å². The van der Waals surface area contributed by atoms with Gasteiger partial charge >= 0.3 is 5.97 Å². The number of halogens is 3. The summed E-state index contributed by atoms with van der Waals surface area (Å²) in [5.41, 5.74) is 0.476. The van der Waals surface area contributed by atoms with Gasteiger partial charge in [0.15, 0.2) is 11.6 Å². The van der Waals surface area contributed by atoms with Gasteiger partial charge in [0, 0.05) is 27.2 Å². The molecule has 2 aromatic rings. The number of hydrogen-bond donors (Lipinski definition) is 1. The summed E-state index contributed by atoms with van der Waals surface area (Å²) in [5.74, 6) is -1.35. The SMILES string of the molecule is O=C(O)/C=C/c1ccc(Cl)cc1Oc1ccc(Br)cc1F. The van der Waals surface area contributed by atoms with E-state index in [-0.39, 0.29) is 11.5 Å². The van der Waals surface area contributed by atoms with E-state index >= 15 is 0 Å². The molecule has 0 spiro atoms. The number of hydrogen-bond acceptors (Lipinski definition) is 2. The number of carbonyl (C=O) groups is 1. The summed E-state index contributed by atoms with van der Waals surface area (Å²) in [7, 11) is 0. The number of carboxylic acid groups (broad SMARTS) is 1. The molecule has 0 heterocycles. The number of benzene rings is 2. The van der Waals surface area contributed by atoms with Crippen molar-refractivity contribution in [2.24, 2.45) is 0 Å². The second kappa shape index (κ2) is 6.74. The van der Waals surface area contributed by atoms with Crippen LogP contribution in [0.15, 0.2) is 46.9 Å². The van der Waals surface area contributed by atoms with Crippen molar-refractivity contribution in [3.8, 4) is 11.5 Å². The normalized spacial score (nSPS) is 10.8. The topological polar surface area (TPSA) is 46.5 Å². The van der Waals surface area contributed by atoms with E-state index in [1.165, 1.54) is 24.3 Å². The van der Waals surface area contributed by atoms with Crippen molar-refractivity contribution in [2.75, 3.05) is 0 Å². The molecule has 6 heteroatoms. The molecular formula is C15H9BrClFO3. The molecule has 0 aliphatic heterocycles. The van der Waals surface area contributed by atoms with Crippen LogP contribution in [0.25, 0.3) is 6.08 Å². The average Bonchev–Trinajstić information content (AvgIpc) is 2.41. The van der Waals surface area contributed by atoms with Gasteiger partial charge in [-0.15, -0.1) is 0 Å². The second-order valence-corrected chi connectivity index (χ2v) is 5.38. The fourth-order valence-corrected chi connectivity index (χ4v) is 2.07. The Morgan fingerprint density at radius 1 is 1.24 bits per heavy atom. The highest BCUT2D eigenvalue weighted by Gasteiger charge is 2.09. The molecule has 0 saturated carbocycles. The predicted octanol–water partition coefficient (Wildman–Crippen LogP) is 5.13. The van der Waals surface area contributed by atoms with Crippen LogP contribution in [0.5, 0.6) is 11.5 Å². The van der Waals surface area contributed by atoms with E-state index < -0.39 is 11.8 Å². The van der Waals surface area contributed by atoms with E-state index in [4.69, 9.17) is 21.4 Å². The molecular weight excluding hydrogens is 363 g/mol. The summed E-state index contributed by atoms with van der Waals surface area (Å²) in [6, 6.07) is 9.04. The van der Waals surface area contributed by atoms with Gasteiger partial charge in [-0.2, -0.15) is 0 Å². The molecule has 1 N–H and O–H groups in total. The highest BCUT2D eigenvalue weighted by Crippen LogP contribution is 2.31. The summed E-state index contributed by atoms with van der Waals surface area (Å²) >= 11 is 9.04. The number of rotatable bonds is 4. The zero-order valence-corrected chi connectivity index (χ0v) is 12.9. The average molecular weight is 372 g/mol. The first-order valence-electron chi connectivity index (χ1n) is 5.79. The largest absolute Gasteiger partial charge is 0.478 e. The van der Waals surface area contributed by atoms with Crippen LogP contribution in [0.1, 0.15) is 5.56 Å². The van der Waals surface area contributed by atoms with Crippen molar-refractivity contribution in [1.82, 2.24) is 0 Å². The molecule has 0 fully saturated rings. The third kappa shape index (κ3) is 4.31. The van der Waals surface area contributed by atoms with Crippen molar-refractivity contribution in [3.63, 3.8) is 0 Å². The molecule has 21 heavy (non-hydrogen) atoms. The molecule has 0 amide bonds. The molecule has 0 aliphatic rings. The van der Waals surface area contributed by atoms with Gasteiger partial charge in [-0.25, -0.2) is 9.18 Å². The summed E-state index contributed by atoms with van der Waals surface area (Å²) in [4.78, 5) is 10.6. The Kier molecular flexibility index (Phi) is 4.98. The van der Waals surface area contributed by atoms with E-state index in [0.717, 1.165) is 6.08 Å². The third-order valence-corrected chi connectivity index (χ3v) is 3.22. The van der Waals surface area contributed by atoms with Crippen molar-refractivity contribution >= 4 is 39.6 Å². The highest BCUT2D eigenvalue weighted by molar-refractivity contribution is 9.10. The molecule has 0 radical (unpaired) electrons. The number of ether oxygens (including phenoxy) is 1. The molecule has 3 nitrogen and oxygen atoms in total. The van der Waals surface area contributed by atoms with E-state index in [1.54, 1.807) is 18.2 Å². The minimum absolute atomic E-state index is 0.0189. The van der Waals surface area contributed by atoms with Gasteiger partial charge in [-0.1, -0.05) is 27.5 Å². The van der Waals surface area contributed by atoms with Gasteiger partial charge in [-0.3, -0.25) is 0 Å². The lowest BCUT2D eigenvalue weighted by Crippen LogP contribution is -1.92. The molecule has 0 aromatic heterocycles. The minimum Gasteiger partial charge on any atom is -0.478 e. The van der Waals surface area contributed by atoms with Crippen LogP contribution < -0.4 is 4.74 Å². The fourth-order valence-electron chi connectivity index (χ4n) is 1.57. The lowest BCUT2D eigenvalue weighted by Gasteiger charge is -2.10.